The van der Waals surface area contributed by atoms with E-state index in [2.05, 4.69) is 10.1 Å². The van der Waals surface area contributed by atoms with Crippen LogP contribution in [0.2, 0.25) is 0 Å². The Kier molecular flexibility index (Phi) is 6.35. The van der Waals surface area contributed by atoms with Crippen LogP contribution in [0, 0.1) is 0 Å². The molecule has 3 rings (SSSR count). The fourth-order valence-corrected chi connectivity index (χ4v) is 4.33. The Morgan fingerprint density at radius 3 is 2.41 bits per heavy atom. The summed E-state index contributed by atoms with van der Waals surface area (Å²) in [4.78, 5) is 25.7. The van der Waals surface area contributed by atoms with E-state index in [9.17, 15) is 36.3 Å². The van der Waals surface area contributed by atoms with Crippen LogP contribution in [0.5, 0.6) is 5.75 Å². The van der Waals surface area contributed by atoms with Gasteiger partial charge in [0.05, 0.1) is 10.6 Å². The Morgan fingerprint density at radius 1 is 1.19 bits per heavy atom. The summed E-state index contributed by atoms with van der Waals surface area (Å²) < 4.78 is 65.0. The second kappa shape index (κ2) is 8.69. The van der Waals surface area contributed by atoms with Gasteiger partial charge in [-0.25, -0.2) is 13.2 Å². The lowest BCUT2D eigenvalue weighted by atomic mass is 9.92. The fraction of sp³-hybridized carbons (Fsp3) is 0.300. The summed E-state index contributed by atoms with van der Waals surface area (Å²) in [6.07, 6.45) is -5.97. The fourth-order valence-electron chi connectivity index (χ4n) is 3.40. The van der Waals surface area contributed by atoms with E-state index in [1.807, 2.05) is 0 Å². The van der Waals surface area contributed by atoms with Gasteiger partial charge in [0.15, 0.2) is 9.84 Å². The number of sulfone groups is 1. The maximum Gasteiger partial charge on any atom is 0.573 e. The van der Waals surface area contributed by atoms with Crippen molar-refractivity contribution in [1.82, 2.24) is 4.90 Å². The number of fused-ring (bicyclic) bond motifs is 1. The van der Waals surface area contributed by atoms with E-state index in [1.165, 1.54) is 37.3 Å². The number of nitrogens with one attached hydrogen (secondary N) is 1. The van der Waals surface area contributed by atoms with E-state index >= 15 is 0 Å². The van der Waals surface area contributed by atoms with Crippen molar-refractivity contribution in [3.63, 3.8) is 0 Å². The summed E-state index contributed by atoms with van der Waals surface area (Å²) in [6, 6.07) is 7.31. The number of halogens is 3. The van der Waals surface area contributed by atoms with Crippen LogP contribution in [0.15, 0.2) is 47.4 Å². The number of nitrogens with zero attached hydrogens (tertiary/aromatic N) is 1. The van der Waals surface area contributed by atoms with Crippen LogP contribution in [0.4, 0.5) is 23.7 Å². The average Bonchev–Trinajstić information content (AvgIpc) is 2.72. The zero-order valence-corrected chi connectivity index (χ0v) is 17.5. The first kappa shape index (κ1) is 23.4. The Morgan fingerprint density at radius 2 is 1.84 bits per heavy atom. The molecular formula is C20H19F3N2O6S. The predicted molar refractivity (Wildman–Crippen MR) is 107 cm³/mol. The van der Waals surface area contributed by atoms with Gasteiger partial charge in [0.1, 0.15) is 11.8 Å². The molecule has 2 amide bonds. The Balaban J connectivity index is 1.89. The van der Waals surface area contributed by atoms with Crippen LogP contribution >= 0.6 is 0 Å². The molecule has 0 fully saturated rings. The summed E-state index contributed by atoms with van der Waals surface area (Å²) in [5.41, 5.74) is 1.00. The molecule has 0 aromatic heterocycles. The Labute approximate surface area is 181 Å². The summed E-state index contributed by atoms with van der Waals surface area (Å²) in [7, 11) is -3.49. The van der Waals surface area contributed by atoms with Crippen LogP contribution in [-0.2, 0) is 21.1 Å². The van der Waals surface area contributed by atoms with Crippen molar-refractivity contribution in [2.75, 3.05) is 17.6 Å². The number of ether oxygens (including phenoxy) is 1. The molecule has 0 radical (unpaired) electrons. The zero-order chi connectivity index (χ0) is 23.7. The lowest BCUT2D eigenvalue weighted by Gasteiger charge is -2.34. The molecule has 1 unspecified atom stereocenters. The molecule has 2 N–H and O–H groups in total. The molecule has 172 valence electrons. The van der Waals surface area contributed by atoms with E-state index < -0.39 is 40.0 Å². The molecule has 1 aliphatic rings. The molecule has 32 heavy (non-hydrogen) atoms. The summed E-state index contributed by atoms with van der Waals surface area (Å²) in [6.45, 7) is 1.47. The minimum Gasteiger partial charge on any atom is -0.465 e. The maximum absolute atomic E-state index is 13.0. The maximum atomic E-state index is 13.0. The van der Waals surface area contributed by atoms with Crippen LogP contribution in [0.3, 0.4) is 0 Å². The van der Waals surface area contributed by atoms with Gasteiger partial charge in [-0.3, -0.25) is 9.69 Å². The number of benzene rings is 2. The highest BCUT2D eigenvalue weighted by atomic mass is 32.2. The van der Waals surface area contributed by atoms with E-state index in [0.29, 0.717) is 11.1 Å². The molecule has 1 atom stereocenters. The van der Waals surface area contributed by atoms with Crippen LogP contribution < -0.4 is 10.1 Å². The third kappa shape index (κ3) is 5.13. The second-order valence-corrected chi connectivity index (χ2v) is 9.23. The first-order valence-electron chi connectivity index (χ1n) is 9.43. The highest BCUT2D eigenvalue weighted by Crippen LogP contribution is 2.33. The number of carbonyl (C=O) groups is 2. The standard InChI is InChI=1S/C20H19F3N2O6S/c1-2-32(29,30)15-7-8-16-12(11-15)9-10-25(19(27)28)17(16)18(26)24-13-3-5-14(6-4-13)31-20(21,22)23/h3-8,11,17H,2,9-10H2,1H3,(H,24,26)(H,27,28). The number of rotatable bonds is 5. The Bertz CT molecular complexity index is 1130. The van der Waals surface area contributed by atoms with Gasteiger partial charge in [-0.1, -0.05) is 13.0 Å². The van der Waals surface area contributed by atoms with Gasteiger partial charge >= 0.3 is 12.5 Å². The lowest BCUT2D eigenvalue weighted by Crippen LogP contribution is -2.44. The average molecular weight is 472 g/mol. The molecule has 12 heteroatoms. The topological polar surface area (TPSA) is 113 Å². The van der Waals surface area contributed by atoms with Crippen molar-refractivity contribution in [2.24, 2.45) is 0 Å². The van der Waals surface area contributed by atoms with Crippen molar-refractivity contribution in [2.45, 2.75) is 30.6 Å². The second-order valence-electron chi connectivity index (χ2n) is 6.95. The van der Waals surface area contributed by atoms with Gasteiger partial charge in [-0.15, -0.1) is 13.2 Å². The van der Waals surface area contributed by atoms with Crippen LogP contribution in [0.25, 0.3) is 0 Å². The highest BCUT2D eigenvalue weighted by Gasteiger charge is 2.37. The number of amides is 2. The zero-order valence-electron chi connectivity index (χ0n) is 16.7. The number of alkyl halides is 3. The molecule has 0 saturated carbocycles. The molecule has 8 nitrogen and oxygen atoms in total. The molecule has 2 aromatic carbocycles. The first-order valence-corrected chi connectivity index (χ1v) is 11.1. The van der Waals surface area contributed by atoms with Gasteiger partial charge in [-0.05, 0) is 53.9 Å². The van der Waals surface area contributed by atoms with E-state index in [1.54, 1.807) is 0 Å². The normalized spacial score (nSPS) is 16.2. The molecule has 1 heterocycles. The monoisotopic (exact) mass is 472 g/mol. The van der Waals surface area contributed by atoms with E-state index in [0.717, 1.165) is 17.0 Å². The van der Waals surface area contributed by atoms with Crippen molar-refractivity contribution in [3.8, 4) is 5.75 Å². The third-order valence-electron chi connectivity index (χ3n) is 4.93. The van der Waals surface area contributed by atoms with Gasteiger partial charge in [-0.2, -0.15) is 0 Å². The molecule has 0 saturated heterocycles. The molecule has 0 bridgehead atoms. The van der Waals surface area contributed by atoms with Gasteiger partial charge in [0.25, 0.3) is 5.91 Å². The lowest BCUT2D eigenvalue weighted by molar-refractivity contribution is -0.274. The summed E-state index contributed by atoms with van der Waals surface area (Å²) in [5.74, 6) is -1.32. The van der Waals surface area contributed by atoms with Crippen molar-refractivity contribution < 1.29 is 41.0 Å². The SMILES string of the molecule is CCS(=O)(=O)c1ccc2c(c1)CCN(C(=O)O)C2C(=O)Nc1ccc(OC(F)(F)F)cc1. The molecule has 2 aromatic rings. The Hall–Kier alpha value is -3.28. The third-order valence-corrected chi connectivity index (χ3v) is 6.66. The molecule has 1 aliphatic heterocycles. The van der Waals surface area contributed by atoms with E-state index in [-0.39, 0.29) is 29.3 Å². The number of anilines is 1. The number of carbonyl (C=O) groups excluding carboxylic acids is 1. The number of hydrogen-bond acceptors (Lipinski definition) is 5. The number of carboxylic acid groups (broad SMARTS) is 1. The smallest absolute Gasteiger partial charge is 0.465 e. The predicted octanol–water partition coefficient (Wildman–Crippen LogP) is 3.59. The minimum atomic E-state index is -4.86. The summed E-state index contributed by atoms with van der Waals surface area (Å²) in [5, 5.41) is 12.0. The molecular weight excluding hydrogens is 453 g/mol. The summed E-state index contributed by atoms with van der Waals surface area (Å²) >= 11 is 0. The quantitative estimate of drug-likeness (QED) is 0.688. The largest absolute Gasteiger partial charge is 0.573 e. The van der Waals surface area contributed by atoms with E-state index in [4.69, 9.17) is 0 Å². The first-order chi connectivity index (χ1) is 14.9. The van der Waals surface area contributed by atoms with Crippen molar-refractivity contribution in [1.29, 1.82) is 0 Å². The van der Waals surface area contributed by atoms with Crippen molar-refractivity contribution >= 4 is 27.5 Å². The van der Waals surface area contributed by atoms with Gasteiger partial charge < -0.3 is 15.2 Å². The molecule has 0 spiro atoms. The highest BCUT2D eigenvalue weighted by molar-refractivity contribution is 7.91. The minimum absolute atomic E-state index is 0.0333. The van der Waals surface area contributed by atoms with Gasteiger partial charge in [0, 0.05) is 12.2 Å². The van der Waals surface area contributed by atoms with Crippen molar-refractivity contribution in [3.05, 3.63) is 53.6 Å². The number of hydrogen-bond donors (Lipinski definition) is 2. The van der Waals surface area contributed by atoms with Crippen LogP contribution in [-0.4, -0.2) is 49.1 Å². The van der Waals surface area contributed by atoms with Gasteiger partial charge in [0.2, 0.25) is 0 Å². The molecule has 0 aliphatic carbocycles. The van der Waals surface area contributed by atoms with Crippen LogP contribution in [0.1, 0.15) is 24.1 Å².